The number of nitriles is 1. The van der Waals surface area contributed by atoms with Crippen LogP contribution < -0.4 is 25.2 Å². The Morgan fingerprint density at radius 2 is 1.90 bits per heavy atom. The lowest BCUT2D eigenvalue weighted by Gasteiger charge is -2.17. The number of carbonyl (C=O) groups is 2. The molecule has 29 heavy (non-hydrogen) atoms. The van der Waals surface area contributed by atoms with Crippen LogP contribution in [0.15, 0.2) is 42.5 Å². The summed E-state index contributed by atoms with van der Waals surface area (Å²) in [7, 11) is 3.10. The van der Waals surface area contributed by atoms with Crippen LogP contribution in [0.4, 0.5) is 5.69 Å². The number of ether oxygens (including phenoxy) is 2. The van der Waals surface area contributed by atoms with Gasteiger partial charge in [-0.25, -0.2) is 0 Å². The predicted octanol–water partition coefficient (Wildman–Crippen LogP) is -0.171. The Morgan fingerprint density at radius 1 is 1.17 bits per heavy atom. The molecule has 8 nitrogen and oxygen atoms in total. The lowest BCUT2D eigenvalue weighted by atomic mass is 10.1. The summed E-state index contributed by atoms with van der Waals surface area (Å²) in [4.78, 5) is 23.6. The van der Waals surface area contributed by atoms with E-state index in [2.05, 4.69) is 5.32 Å². The molecule has 0 saturated carbocycles. The molecule has 0 heterocycles. The molecule has 0 aliphatic carbocycles. The maximum Gasteiger partial charge on any atom is 0.230 e. The highest BCUT2D eigenvalue weighted by Gasteiger charge is 2.19. The molecule has 1 atom stereocenters. The lowest BCUT2D eigenvalue weighted by Crippen LogP contribution is -2.93. The van der Waals surface area contributed by atoms with Gasteiger partial charge in [0.05, 0.1) is 44.4 Å². The van der Waals surface area contributed by atoms with E-state index in [9.17, 15) is 14.7 Å². The number of nitrogens with one attached hydrogen (secondary N) is 1. The van der Waals surface area contributed by atoms with Crippen LogP contribution in [-0.2, 0) is 16.0 Å². The lowest BCUT2D eigenvalue weighted by molar-refractivity contribution is -0.682. The highest BCUT2D eigenvalue weighted by molar-refractivity contribution is 5.94. The summed E-state index contributed by atoms with van der Waals surface area (Å²) in [5, 5.41) is 24.6. The van der Waals surface area contributed by atoms with Crippen molar-refractivity contribution in [3.8, 4) is 17.6 Å². The third-order valence-electron chi connectivity index (χ3n) is 4.36. The summed E-state index contributed by atoms with van der Waals surface area (Å²) in [6.45, 7) is 0.441. The molecular weight excluding hydrogens is 374 g/mol. The molecule has 1 amide bonds. The molecule has 2 aromatic rings. The standard InChI is InChI=1S/C21H23N3O5/c1-28-18-8-7-14(11-19(18)29-2)9-10-23-17(21(26)27)12-20(25)24-16-6-4-3-5-15(16)13-22/h3-8,11,17,23H,9-10,12H2,1-2H3,(H,24,25)(H,26,27)/t17-/m1/s1. The number of quaternary nitrogens is 1. The van der Waals surface area contributed by atoms with Gasteiger partial charge in [-0.3, -0.25) is 4.79 Å². The number of hydrogen-bond donors (Lipinski definition) is 2. The van der Waals surface area contributed by atoms with Gasteiger partial charge in [-0.05, 0) is 29.8 Å². The van der Waals surface area contributed by atoms with Crippen LogP contribution in [0, 0.1) is 11.3 Å². The first-order valence-electron chi connectivity index (χ1n) is 9.02. The molecule has 0 aromatic heterocycles. The minimum atomic E-state index is -1.32. The molecule has 2 aromatic carbocycles. The first-order valence-corrected chi connectivity index (χ1v) is 9.02. The SMILES string of the molecule is COc1ccc(CC[NH2+][C@H](CC(=O)Nc2ccccc2C#N)C(=O)[O-])cc1OC. The van der Waals surface area contributed by atoms with Crippen LogP contribution >= 0.6 is 0 Å². The predicted molar refractivity (Wildman–Crippen MR) is 103 cm³/mol. The minimum Gasteiger partial charge on any atom is -0.544 e. The van der Waals surface area contributed by atoms with Gasteiger partial charge in [0.2, 0.25) is 5.91 Å². The number of rotatable bonds is 10. The normalized spacial score (nSPS) is 11.2. The molecule has 3 N–H and O–H groups in total. The van der Waals surface area contributed by atoms with E-state index in [0.29, 0.717) is 35.7 Å². The van der Waals surface area contributed by atoms with Gasteiger partial charge >= 0.3 is 0 Å². The van der Waals surface area contributed by atoms with Gasteiger partial charge in [-0.15, -0.1) is 0 Å². The van der Waals surface area contributed by atoms with Crippen molar-refractivity contribution in [1.29, 1.82) is 5.26 Å². The molecule has 0 radical (unpaired) electrons. The number of nitrogens with two attached hydrogens (primary N) is 1. The molecule has 0 unspecified atom stereocenters. The van der Waals surface area contributed by atoms with Crippen LogP contribution in [0.25, 0.3) is 0 Å². The first-order chi connectivity index (χ1) is 14.0. The summed E-state index contributed by atoms with van der Waals surface area (Å²) in [5.41, 5.74) is 1.61. The molecule has 0 saturated heterocycles. The molecule has 0 aliphatic rings. The van der Waals surface area contributed by atoms with Gasteiger partial charge in [0.1, 0.15) is 12.1 Å². The van der Waals surface area contributed by atoms with Crippen molar-refractivity contribution in [2.75, 3.05) is 26.1 Å². The number of hydrogen-bond acceptors (Lipinski definition) is 6. The average molecular weight is 397 g/mol. The fourth-order valence-electron chi connectivity index (χ4n) is 2.84. The smallest absolute Gasteiger partial charge is 0.230 e. The number of carboxylic acids is 1. The number of nitrogens with zero attached hydrogens (tertiary/aromatic N) is 1. The Bertz CT molecular complexity index is 907. The van der Waals surface area contributed by atoms with Crippen LogP contribution in [0.3, 0.4) is 0 Å². The summed E-state index contributed by atoms with van der Waals surface area (Å²) in [5.74, 6) is -0.607. The zero-order valence-electron chi connectivity index (χ0n) is 16.3. The Kier molecular flexibility index (Phi) is 8.00. The Balaban J connectivity index is 1.92. The zero-order chi connectivity index (χ0) is 21.2. The van der Waals surface area contributed by atoms with E-state index < -0.39 is 17.9 Å². The number of anilines is 1. The molecule has 0 aliphatic heterocycles. The molecule has 8 heteroatoms. The quantitative estimate of drug-likeness (QED) is 0.573. The van der Waals surface area contributed by atoms with Crippen LogP contribution in [0.5, 0.6) is 11.5 Å². The molecule has 152 valence electrons. The molecule has 0 fully saturated rings. The van der Waals surface area contributed by atoms with E-state index in [1.54, 1.807) is 49.9 Å². The molecule has 2 rings (SSSR count). The largest absolute Gasteiger partial charge is 0.544 e. The number of benzene rings is 2. The van der Waals surface area contributed by atoms with E-state index in [-0.39, 0.29) is 6.42 Å². The fourth-order valence-corrected chi connectivity index (χ4v) is 2.84. The van der Waals surface area contributed by atoms with Crippen molar-refractivity contribution in [3.05, 3.63) is 53.6 Å². The zero-order valence-corrected chi connectivity index (χ0v) is 16.3. The summed E-state index contributed by atoms with van der Waals surface area (Å²) < 4.78 is 10.4. The maximum absolute atomic E-state index is 12.2. The van der Waals surface area contributed by atoms with Crippen molar-refractivity contribution in [3.63, 3.8) is 0 Å². The van der Waals surface area contributed by atoms with Gasteiger partial charge in [-0.1, -0.05) is 18.2 Å². The first kappa shape index (κ1) is 21.7. The molecular formula is C21H23N3O5. The Hall–Kier alpha value is -3.57. The Morgan fingerprint density at radius 3 is 2.55 bits per heavy atom. The number of methoxy groups -OCH3 is 2. The van der Waals surface area contributed by atoms with Crippen molar-refractivity contribution in [2.45, 2.75) is 18.9 Å². The highest BCUT2D eigenvalue weighted by atomic mass is 16.5. The number of para-hydroxylation sites is 1. The second kappa shape index (κ2) is 10.7. The van der Waals surface area contributed by atoms with Crippen LogP contribution in [0.2, 0.25) is 0 Å². The van der Waals surface area contributed by atoms with Gasteiger partial charge in [0.25, 0.3) is 0 Å². The van der Waals surface area contributed by atoms with Crippen LogP contribution in [-0.4, -0.2) is 38.7 Å². The number of carbonyl (C=O) groups excluding carboxylic acids is 2. The second-order valence-electron chi connectivity index (χ2n) is 6.30. The van der Waals surface area contributed by atoms with Crippen molar-refractivity contribution < 1.29 is 29.5 Å². The van der Waals surface area contributed by atoms with E-state index in [1.807, 2.05) is 18.2 Å². The fraction of sp³-hybridized carbons (Fsp3) is 0.286. The third-order valence-corrected chi connectivity index (χ3v) is 4.36. The topological polar surface area (TPSA) is 128 Å². The summed E-state index contributed by atoms with van der Waals surface area (Å²) >= 11 is 0. The molecule has 0 spiro atoms. The second-order valence-corrected chi connectivity index (χ2v) is 6.30. The monoisotopic (exact) mass is 397 g/mol. The number of aliphatic carboxylic acids is 1. The van der Waals surface area contributed by atoms with Gasteiger partial charge in [0.15, 0.2) is 11.5 Å². The minimum absolute atomic E-state index is 0.270. The van der Waals surface area contributed by atoms with E-state index >= 15 is 0 Å². The third kappa shape index (κ3) is 6.23. The van der Waals surface area contributed by atoms with Gasteiger partial charge in [0, 0.05) is 6.42 Å². The molecule has 0 bridgehead atoms. The van der Waals surface area contributed by atoms with Crippen LogP contribution in [0.1, 0.15) is 17.5 Å². The van der Waals surface area contributed by atoms with E-state index in [4.69, 9.17) is 14.7 Å². The maximum atomic E-state index is 12.2. The van der Waals surface area contributed by atoms with E-state index in [0.717, 1.165) is 5.56 Å². The van der Waals surface area contributed by atoms with E-state index in [1.165, 1.54) is 0 Å². The average Bonchev–Trinajstić information content (AvgIpc) is 2.73. The number of amides is 1. The summed E-state index contributed by atoms with van der Waals surface area (Å²) in [6.07, 6.45) is 0.303. The number of carboxylic acid groups (broad SMARTS) is 1. The van der Waals surface area contributed by atoms with Gasteiger partial charge < -0.3 is 30.0 Å². The highest BCUT2D eigenvalue weighted by Crippen LogP contribution is 2.27. The summed E-state index contributed by atoms with van der Waals surface area (Å²) in [6, 6.07) is 12.9. The van der Waals surface area contributed by atoms with Crippen molar-refractivity contribution in [1.82, 2.24) is 0 Å². The van der Waals surface area contributed by atoms with Gasteiger partial charge in [-0.2, -0.15) is 5.26 Å². The van der Waals surface area contributed by atoms with Crippen molar-refractivity contribution in [2.24, 2.45) is 0 Å². The van der Waals surface area contributed by atoms with Crippen molar-refractivity contribution >= 4 is 17.6 Å². The Labute approximate surface area is 169 Å².